The van der Waals surface area contributed by atoms with Gasteiger partial charge in [-0.15, -0.1) is 0 Å². The SMILES string of the molecule is O=C(O)c1ccc(N(CC(F)(F)F)C2CC2)cc1Cl. The number of carbonyl (C=O) groups is 1. The second kappa shape index (κ2) is 4.92. The summed E-state index contributed by atoms with van der Waals surface area (Å²) in [4.78, 5) is 12.0. The molecule has 1 aliphatic carbocycles. The second-order valence-electron chi connectivity index (χ2n) is 4.44. The third kappa shape index (κ3) is 3.53. The van der Waals surface area contributed by atoms with Gasteiger partial charge in [-0.25, -0.2) is 4.79 Å². The Morgan fingerprint density at radius 2 is 2.05 bits per heavy atom. The zero-order chi connectivity index (χ0) is 14.2. The van der Waals surface area contributed by atoms with E-state index in [4.69, 9.17) is 16.7 Å². The van der Waals surface area contributed by atoms with Crippen LogP contribution >= 0.6 is 11.6 Å². The summed E-state index contributed by atoms with van der Waals surface area (Å²) in [5.74, 6) is -1.20. The first kappa shape index (κ1) is 14.0. The highest BCUT2D eigenvalue weighted by atomic mass is 35.5. The Kier molecular flexibility index (Phi) is 3.62. The van der Waals surface area contributed by atoms with E-state index in [9.17, 15) is 18.0 Å². The molecule has 1 fully saturated rings. The first-order chi connectivity index (χ1) is 8.78. The normalized spacial score (nSPS) is 15.4. The molecule has 2 rings (SSSR count). The topological polar surface area (TPSA) is 40.5 Å². The minimum Gasteiger partial charge on any atom is -0.478 e. The number of alkyl halides is 3. The van der Waals surface area contributed by atoms with Crippen LogP contribution in [0.2, 0.25) is 5.02 Å². The molecule has 1 aromatic rings. The van der Waals surface area contributed by atoms with Gasteiger partial charge in [0.15, 0.2) is 0 Å². The monoisotopic (exact) mass is 293 g/mol. The lowest BCUT2D eigenvalue weighted by atomic mass is 10.2. The number of carboxylic acid groups (broad SMARTS) is 1. The Labute approximate surface area is 112 Å². The number of hydrogen-bond donors (Lipinski definition) is 1. The number of hydrogen-bond acceptors (Lipinski definition) is 2. The molecule has 1 saturated carbocycles. The van der Waals surface area contributed by atoms with E-state index in [2.05, 4.69) is 0 Å². The van der Waals surface area contributed by atoms with E-state index in [1.54, 1.807) is 0 Å². The maximum absolute atomic E-state index is 12.5. The van der Waals surface area contributed by atoms with Gasteiger partial charge >= 0.3 is 12.1 Å². The fourth-order valence-corrected chi connectivity index (χ4v) is 2.12. The predicted molar refractivity (Wildman–Crippen MR) is 64.8 cm³/mol. The average molecular weight is 294 g/mol. The maximum Gasteiger partial charge on any atom is 0.405 e. The summed E-state index contributed by atoms with van der Waals surface area (Å²) in [7, 11) is 0. The number of anilines is 1. The molecule has 3 nitrogen and oxygen atoms in total. The molecule has 0 aliphatic heterocycles. The molecule has 0 amide bonds. The van der Waals surface area contributed by atoms with Crippen LogP contribution < -0.4 is 4.90 Å². The van der Waals surface area contributed by atoms with Crippen molar-refractivity contribution < 1.29 is 23.1 Å². The van der Waals surface area contributed by atoms with Crippen molar-refractivity contribution >= 4 is 23.3 Å². The molecular formula is C12H11ClF3NO2. The minimum atomic E-state index is -4.31. The molecule has 1 N–H and O–H groups in total. The van der Waals surface area contributed by atoms with E-state index in [0.717, 1.165) is 0 Å². The molecular weight excluding hydrogens is 283 g/mol. The molecule has 1 aromatic carbocycles. The number of aromatic carboxylic acids is 1. The number of nitrogens with zero attached hydrogens (tertiary/aromatic N) is 1. The van der Waals surface area contributed by atoms with E-state index >= 15 is 0 Å². The first-order valence-electron chi connectivity index (χ1n) is 5.64. The van der Waals surface area contributed by atoms with Crippen molar-refractivity contribution in [3.63, 3.8) is 0 Å². The van der Waals surface area contributed by atoms with Gasteiger partial charge < -0.3 is 10.0 Å². The summed E-state index contributed by atoms with van der Waals surface area (Å²) >= 11 is 5.78. The summed E-state index contributed by atoms with van der Waals surface area (Å²) < 4.78 is 37.6. The zero-order valence-electron chi connectivity index (χ0n) is 9.75. The lowest BCUT2D eigenvalue weighted by Gasteiger charge is -2.26. The van der Waals surface area contributed by atoms with Gasteiger partial charge in [0, 0.05) is 11.7 Å². The lowest BCUT2D eigenvalue weighted by molar-refractivity contribution is -0.120. The van der Waals surface area contributed by atoms with Crippen molar-refractivity contribution in [2.24, 2.45) is 0 Å². The fraction of sp³-hybridized carbons (Fsp3) is 0.417. The Hall–Kier alpha value is -1.43. The minimum absolute atomic E-state index is 0.0576. The number of rotatable bonds is 4. The standard InChI is InChI=1S/C12H11ClF3NO2/c13-10-5-8(3-4-9(10)11(18)19)17(7-1-2-7)6-12(14,15)16/h3-5,7H,1-2,6H2,(H,18,19). The molecule has 0 unspecified atom stereocenters. The van der Waals surface area contributed by atoms with Crippen LogP contribution in [0.25, 0.3) is 0 Å². The Morgan fingerprint density at radius 3 is 2.47 bits per heavy atom. The third-order valence-corrected chi connectivity index (χ3v) is 3.16. The van der Waals surface area contributed by atoms with Crippen molar-refractivity contribution in [2.45, 2.75) is 25.1 Å². The van der Waals surface area contributed by atoms with Crippen LogP contribution in [0.15, 0.2) is 18.2 Å². The average Bonchev–Trinajstić information content (AvgIpc) is 3.07. The van der Waals surface area contributed by atoms with E-state index in [1.165, 1.54) is 23.1 Å². The van der Waals surface area contributed by atoms with E-state index in [1.807, 2.05) is 0 Å². The first-order valence-corrected chi connectivity index (χ1v) is 6.02. The summed E-state index contributed by atoms with van der Waals surface area (Å²) in [6, 6.07) is 3.72. The van der Waals surface area contributed by atoms with Crippen LogP contribution in [-0.4, -0.2) is 29.8 Å². The van der Waals surface area contributed by atoms with Gasteiger partial charge in [-0.05, 0) is 31.0 Å². The van der Waals surface area contributed by atoms with E-state index in [-0.39, 0.29) is 16.6 Å². The smallest absolute Gasteiger partial charge is 0.405 e. The van der Waals surface area contributed by atoms with Crippen molar-refractivity contribution in [3.8, 4) is 0 Å². The highest BCUT2D eigenvalue weighted by molar-refractivity contribution is 6.33. The van der Waals surface area contributed by atoms with Crippen LogP contribution in [0, 0.1) is 0 Å². The van der Waals surface area contributed by atoms with Gasteiger partial charge in [-0.2, -0.15) is 13.2 Å². The van der Waals surface area contributed by atoms with Gasteiger partial charge in [0.2, 0.25) is 0 Å². The van der Waals surface area contributed by atoms with Crippen molar-refractivity contribution in [1.82, 2.24) is 0 Å². The summed E-state index contributed by atoms with van der Waals surface area (Å²) in [5, 5.41) is 8.77. The molecule has 0 atom stereocenters. The zero-order valence-corrected chi connectivity index (χ0v) is 10.5. The molecule has 0 heterocycles. The molecule has 0 spiro atoms. The summed E-state index contributed by atoms with van der Waals surface area (Å²) in [6.07, 6.45) is -2.90. The highest BCUT2D eigenvalue weighted by Gasteiger charge is 2.38. The van der Waals surface area contributed by atoms with E-state index in [0.29, 0.717) is 18.5 Å². The number of halogens is 4. The van der Waals surface area contributed by atoms with Crippen LogP contribution in [0.4, 0.5) is 18.9 Å². The molecule has 104 valence electrons. The molecule has 19 heavy (non-hydrogen) atoms. The molecule has 7 heteroatoms. The van der Waals surface area contributed by atoms with Gasteiger partial charge in [-0.1, -0.05) is 11.6 Å². The second-order valence-corrected chi connectivity index (χ2v) is 4.85. The summed E-state index contributed by atoms with van der Waals surface area (Å²) in [6.45, 7) is -1.06. The maximum atomic E-state index is 12.5. The predicted octanol–water partition coefficient (Wildman–Crippen LogP) is 3.57. The quantitative estimate of drug-likeness (QED) is 0.922. The Balaban J connectivity index is 2.27. The molecule has 0 radical (unpaired) electrons. The molecule has 0 aromatic heterocycles. The fourth-order valence-electron chi connectivity index (χ4n) is 1.87. The molecule has 1 aliphatic rings. The van der Waals surface area contributed by atoms with Crippen LogP contribution in [0.1, 0.15) is 23.2 Å². The van der Waals surface area contributed by atoms with Crippen molar-refractivity contribution in [2.75, 3.05) is 11.4 Å². The van der Waals surface area contributed by atoms with Crippen molar-refractivity contribution in [3.05, 3.63) is 28.8 Å². The van der Waals surface area contributed by atoms with E-state index < -0.39 is 18.7 Å². The number of benzene rings is 1. The van der Waals surface area contributed by atoms with Gasteiger partial charge in [0.1, 0.15) is 6.54 Å². The largest absolute Gasteiger partial charge is 0.478 e. The summed E-state index contributed by atoms with van der Waals surface area (Å²) in [5.41, 5.74) is 0.183. The Morgan fingerprint density at radius 1 is 1.42 bits per heavy atom. The third-order valence-electron chi connectivity index (χ3n) is 2.85. The van der Waals surface area contributed by atoms with Crippen LogP contribution in [0.5, 0.6) is 0 Å². The van der Waals surface area contributed by atoms with Gasteiger partial charge in [0.25, 0.3) is 0 Å². The van der Waals surface area contributed by atoms with Crippen LogP contribution in [-0.2, 0) is 0 Å². The number of carboxylic acids is 1. The van der Waals surface area contributed by atoms with Gasteiger partial charge in [0.05, 0.1) is 10.6 Å². The van der Waals surface area contributed by atoms with Gasteiger partial charge in [-0.3, -0.25) is 0 Å². The van der Waals surface area contributed by atoms with Crippen LogP contribution in [0.3, 0.4) is 0 Å². The molecule has 0 saturated heterocycles. The Bertz CT molecular complexity index is 500. The lowest BCUT2D eigenvalue weighted by Crippen LogP contribution is -2.36. The van der Waals surface area contributed by atoms with Crippen molar-refractivity contribution in [1.29, 1.82) is 0 Å². The molecule has 0 bridgehead atoms. The highest BCUT2D eigenvalue weighted by Crippen LogP contribution is 2.35.